The molecular weight excluding hydrogens is 250 g/mol. The largest absolute Gasteiger partial charge is 0.480 e. The molecule has 1 N–H and O–H groups in total. The molecule has 0 heterocycles. The maximum atomic E-state index is 12.9. The summed E-state index contributed by atoms with van der Waals surface area (Å²) in [5.41, 5.74) is 0. The van der Waals surface area contributed by atoms with Crippen LogP contribution in [-0.2, 0) is 15.6 Å². The molecule has 0 amide bonds. The second-order valence-corrected chi connectivity index (χ2v) is 5.45. The lowest BCUT2D eigenvalue weighted by molar-refractivity contribution is -0.137. The number of carboxylic acid groups (broad SMARTS) is 1. The molecule has 0 fully saturated rings. The van der Waals surface area contributed by atoms with Crippen LogP contribution >= 0.6 is 0 Å². The Balaban J connectivity index is 3.10. The van der Waals surface area contributed by atoms with Gasteiger partial charge in [0.15, 0.2) is 11.6 Å². The van der Waals surface area contributed by atoms with E-state index in [1.807, 2.05) is 0 Å². The zero-order valence-corrected chi connectivity index (χ0v) is 10.1. The predicted molar refractivity (Wildman–Crippen MR) is 59.0 cm³/mol. The van der Waals surface area contributed by atoms with Crippen molar-refractivity contribution in [1.82, 2.24) is 0 Å². The van der Waals surface area contributed by atoms with Gasteiger partial charge in [0.2, 0.25) is 0 Å². The maximum Gasteiger partial charge on any atom is 0.319 e. The number of hydrogen-bond acceptors (Lipinski definition) is 2. The molecular formula is C11H12F2O3S. The molecule has 94 valence electrons. The molecule has 2 unspecified atom stereocenters. The van der Waals surface area contributed by atoms with E-state index in [2.05, 4.69) is 0 Å². The highest BCUT2D eigenvalue weighted by Gasteiger charge is 2.29. The molecule has 0 aliphatic rings. The first-order valence-corrected chi connectivity index (χ1v) is 6.14. The summed E-state index contributed by atoms with van der Waals surface area (Å²) in [6.07, 6.45) is 0. The molecule has 1 rings (SSSR count). The fourth-order valence-electron chi connectivity index (χ4n) is 1.37. The van der Waals surface area contributed by atoms with Gasteiger partial charge >= 0.3 is 5.97 Å². The zero-order valence-electron chi connectivity index (χ0n) is 9.31. The minimum Gasteiger partial charge on any atom is -0.480 e. The number of benzene rings is 1. The number of rotatable bonds is 4. The third-order valence-electron chi connectivity index (χ3n) is 2.20. The van der Waals surface area contributed by atoms with Crippen LogP contribution in [0.15, 0.2) is 23.1 Å². The molecule has 3 nitrogen and oxygen atoms in total. The minimum atomic E-state index is -1.91. The Kier molecular flexibility index (Phi) is 4.34. The van der Waals surface area contributed by atoms with E-state index >= 15 is 0 Å². The summed E-state index contributed by atoms with van der Waals surface area (Å²) >= 11 is 0. The third-order valence-corrected chi connectivity index (χ3v) is 4.13. The second-order valence-electron chi connectivity index (χ2n) is 3.88. The van der Waals surface area contributed by atoms with Crippen LogP contribution in [0.4, 0.5) is 8.78 Å². The Morgan fingerprint density at radius 3 is 2.29 bits per heavy atom. The van der Waals surface area contributed by atoms with Crippen LogP contribution < -0.4 is 0 Å². The number of carbonyl (C=O) groups is 1. The summed E-state index contributed by atoms with van der Waals surface area (Å²) in [5.74, 6) is -3.78. The van der Waals surface area contributed by atoms with Crippen molar-refractivity contribution in [3.05, 3.63) is 29.8 Å². The van der Waals surface area contributed by atoms with Gasteiger partial charge in [-0.2, -0.15) is 0 Å². The summed E-state index contributed by atoms with van der Waals surface area (Å²) in [7, 11) is -1.91. The van der Waals surface area contributed by atoms with Crippen LogP contribution in [-0.4, -0.2) is 20.5 Å². The molecule has 0 radical (unpaired) electrons. The number of carboxylic acids is 1. The third kappa shape index (κ3) is 3.09. The lowest BCUT2D eigenvalue weighted by Crippen LogP contribution is -2.31. The van der Waals surface area contributed by atoms with Crippen molar-refractivity contribution in [1.29, 1.82) is 0 Å². The molecule has 0 aliphatic carbocycles. The molecule has 1 aromatic rings. The van der Waals surface area contributed by atoms with Crippen molar-refractivity contribution >= 4 is 16.8 Å². The summed E-state index contributed by atoms with van der Waals surface area (Å²) in [4.78, 5) is 10.9. The molecule has 0 saturated carbocycles. The van der Waals surface area contributed by atoms with Crippen molar-refractivity contribution in [2.75, 3.05) is 0 Å². The maximum absolute atomic E-state index is 12.9. The first-order chi connectivity index (χ1) is 7.84. The first-order valence-electron chi connectivity index (χ1n) is 4.93. The number of halogens is 2. The van der Waals surface area contributed by atoms with Gasteiger partial charge in [-0.15, -0.1) is 0 Å². The second kappa shape index (κ2) is 5.35. The van der Waals surface area contributed by atoms with Crippen LogP contribution in [0.25, 0.3) is 0 Å². The van der Waals surface area contributed by atoms with Crippen molar-refractivity contribution in [3.8, 4) is 0 Å². The summed E-state index contributed by atoms with van der Waals surface area (Å²) in [6.45, 7) is 3.22. The highest BCUT2D eigenvalue weighted by atomic mass is 32.2. The lowest BCUT2D eigenvalue weighted by atomic mass is 10.1. The summed E-state index contributed by atoms with van der Waals surface area (Å²) < 4.78 is 37.6. The average molecular weight is 262 g/mol. The van der Waals surface area contributed by atoms with Crippen LogP contribution in [0, 0.1) is 17.6 Å². The van der Waals surface area contributed by atoms with Crippen molar-refractivity contribution in [2.45, 2.75) is 24.0 Å². The van der Waals surface area contributed by atoms with Gasteiger partial charge in [0.1, 0.15) is 5.25 Å². The molecule has 0 bridgehead atoms. The highest BCUT2D eigenvalue weighted by molar-refractivity contribution is 7.86. The molecule has 0 aromatic heterocycles. The fourth-order valence-corrected chi connectivity index (χ4v) is 2.77. The topological polar surface area (TPSA) is 54.4 Å². The Morgan fingerprint density at radius 2 is 1.88 bits per heavy atom. The van der Waals surface area contributed by atoms with E-state index in [9.17, 15) is 17.8 Å². The van der Waals surface area contributed by atoms with Crippen LogP contribution in [0.5, 0.6) is 0 Å². The van der Waals surface area contributed by atoms with E-state index in [-0.39, 0.29) is 10.8 Å². The lowest BCUT2D eigenvalue weighted by Gasteiger charge is -2.15. The number of aliphatic carboxylic acids is 1. The normalized spacial score (nSPS) is 14.6. The Morgan fingerprint density at radius 1 is 1.29 bits per heavy atom. The van der Waals surface area contributed by atoms with E-state index in [1.165, 1.54) is 0 Å². The molecule has 0 saturated heterocycles. The molecule has 17 heavy (non-hydrogen) atoms. The molecule has 6 heteroatoms. The van der Waals surface area contributed by atoms with Gasteiger partial charge in [-0.3, -0.25) is 9.00 Å². The van der Waals surface area contributed by atoms with Gasteiger partial charge in [0.05, 0.1) is 10.8 Å². The van der Waals surface area contributed by atoms with E-state index in [0.29, 0.717) is 0 Å². The minimum absolute atomic E-state index is 0.0231. The highest BCUT2D eigenvalue weighted by Crippen LogP contribution is 2.19. The van der Waals surface area contributed by atoms with Crippen LogP contribution in [0.1, 0.15) is 13.8 Å². The van der Waals surface area contributed by atoms with Crippen LogP contribution in [0.3, 0.4) is 0 Å². The van der Waals surface area contributed by atoms with E-state index in [0.717, 1.165) is 18.2 Å². The quantitative estimate of drug-likeness (QED) is 0.904. The van der Waals surface area contributed by atoms with E-state index in [1.54, 1.807) is 13.8 Å². The van der Waals surface area contributed by atoms with Gasteiger partial charge in [0.25, 0.3) is 0 Å². The molecule has 0 spiro atoms. The Hall–Kier alpha value is -1.30. The van der Waals surface area contributed by atoms with E-state index < -0.39 is 33.7 Å². The van der Waals surface area contributed by atoms with Crippen LogP contribution in [0.2, 0.25) is 0 Å². The van der Waals surface area contributed by atoms with Gasteiger partial charge in [-0.1, -0.05) is 13.8 Å². The van der Waals surface area contributed by atoms with Gasteiger partial charge in [0, 0.05) is 4.90 Å². The SMILES string of the molecule is CC(C)C(C(=O)O)S(=O)c1ccc(F)c(F)c1. The first kappa shape index (κ1) is 13.8. The van der Waals surface area contributed by atoms with Gasteiger partial charge in [-0.25, -0.2) is 8.78 Å². The summed E-state index contributed by atoms with van der Waals surface area (Å²) in [5, 5.41) is 7.80. The summed E-state index contributed by atoms with van der Waals surface area (Å²) in [6, 6.07) is 2.73. The Bertz CT molecular complexity index is 460. The van der Waals surface area contributed by atoms with Crippen molar-refractivity contribution < 1.29 is 22.9 Å². The van der Waals surface area contributed by atoms with Gasteiger partial charge in [-0.05, 0) is 24.1 Å². The molecule has 1 aromatic carbocycles. The van der Waals surface area contributed by atoms with E-state index in [4.69, 9.17) is 5.11 Å². The predicted octanol–water partition coefficient (Wildman–Crippen LogP) is 2.18. The smallest absolute Gasteiger partial charge is 0.319 e. The number of hydrogen-bond donors (Lipinski definition) is 1. The standard InChI is InChI=1S/C11H12F2O3S/c1-6(2)10(11(14)15)17(16)7-3-4-8(12)9(13)5-7/h3-6,10H,1-2H3,(H,14,15). The molecule has 0 aliphatic heterocycles. The van der Waals surface area contributed by atoms with Crippen molar-refractivity contribution in [3.63, 3.8) is 0 Å². The zero-order chi connectivity index (χ0) is 13.2. The van der Waals surface area contributed by atoms with Gasteiger partial charge < -0.3 is 5.11 Å². The fraction of sp³-hybridized carbons (Fsp3) is 0.364. The van der Waals surface area contributed by atoms with Crippen molar-refractivity contribution in [2.24, 2.45) is 5.92 Å². The molecule has 2 atom stereocenters. The Labute approximate surface area is 99.9 Å². The monoisotopic (exact) mass is 262 g/mol. The average Bonchev–Trinajstić information content (AvgIpc) is 2.20.